The molecule has 0 rings (SSSR count). The number of hydrogen-bond acceptors (Lipinski definition) is 2. The van der Waals surface area contributed by atoms with Crippen LogP contribution in [-0.4, -0.2) is 35.4 Å². The predicted octanol–water partition coefficient (Wildman–Crippen LogP) is -0.724. The molecule has 54 valence electrons. The molecule has 0 bridgehead atoms. The zero-order chi connectivity index (χ0) is 7.44. The third kappa shape index (κ3) is 4.29. The van der Waals surface area contributed by atoms with Crippen molar-refractivity contribution in [3.63, 3.8) is 0 Å². The first-order chi connectivity index (χ1) is 4.04. The quantitative estimate of drug-likeness (QED) is 0.522. The summed E-state index contributed by atoms with van der Waals surface area (Å²) in [7, 11) is 0.128. The number of carbonyl (C=O) groups is 1. The van der Waals surface area contributed by atoms with Crippen LogP contribution in [0.15, 0.2) is 0 Å². The summed E-state index contributed by atoms with van der Waals surface area (Å²) < 4.78 is 0. The zero-order valence-corrected chi connectivity index (χ0v) is 6.44. The fourth-order valence-electron chi connectivity index (χ4n) is 0.430. The first-order valence-corrected chi connectivity index (χ1v) is 4.77. The first kappa shape index (κ1) is 8.78. The molecule has 0 saturated carbocycles. The van der Waals surface area contributed by atoms with Gasteiger partial charge in [-0.3, -0.25) is 4.79 Å². The van der Waals surface area contributed by atoms with E-state index in [4.69, 9.17) is 10.8 Å². The van der Waals surface area contributed by atoms with Gasteiger partial charge in [-0.05, 0) is 10.9 Å². The summed E-state index contributed by atoms with van der Waals surface area (Å²) in [6.45, 7) is 0. The van der Waals surface area contributed by atoms with E-state index in [2.05, 4.69) is 0 Å². The van der Waals surface area contributed by atoms with E-state index in [1.807, 2.05) is 12.5 Å². The smallest absolute Gasteiger partial charge is 0.325 e. The van der Waals surface area contributed by atoms with Gasteiger partial charge in [0, 0.05) is 0 Å². The molecule has 0 aromatic carbocycles. The molecule has 0 saturated heterocycles. The van der Waals surface area contributed by atoms with Gasteiger partial charge in [0.2, 0.25) is 0 Å². The van der Waals surface area contributed by atoms with Crippen molar-refractivity contribution in [3.8, 4) is 0 Å². The highest BCUT2D eigenvalue weighted by atomic mass is 32.2. The zero-order valence-electron chi connectivity index (χ0n) is 5.63. The molecule has 0 radical (unpaired) electrons. The normalized spacial score (nSPS) is 13.8. The molecule has 1 atom stereocenters. The average Bonchev–Trinajstić information content (AvgIpc) is 1.63. The second-order valence-corrected chi connectivity index (χ2v) is 4.40. The number of aliphatic carboxylic acids is 1. The van der Waals surface area contributed by atoms with Gasteiger partial charge in [0.1, 0.15) is 11.8 Å². The maximum Gasteiger partial charge on any atom is 0.325 e. The van der Waals surface area contributed by atoms with Crippen molar-refractivity contribution in [1.82, 2.24) is 0 Å². The summed E-state index contributed by atoms with van der Waals surface area (Å²) in [5, 5.41) is 8.31. The first-order valence-electron chi connectivity index (χ1n) is 2.56. The molecule has 0 heterocycles. The van der Waals surface area contributed by atoms with E-state index < -0.39 is 12.0 Å². The summed E-state index contributed by atoms with van der Waals surface area (Å²) in [4.78, 5) is 10.1. The minimum Gasteiger partial charge on any atom is -0.480 e. The molecule has 0 spiro atoms. The van der Waals surface area contributed by atoms with Crippen molar-refractivity contribution in [2.24, 2.45) is 5.73 Å². The molecule has 0 fully saturated rings. The lowest BCUT2D eigenvalue weighted by atomic mass is 10.4. The average molecular weight is 150 g/mol. The Morgan fingerprint density at radius 1 is 1.78 bits per heavy atom. The van der Waals surface area contributed by atoms with Crippen LogP contribution in [-0.2, 0) is 15.7 Å². The Balaban J connectivity index is 3.50. The third-order valence-electron chi connectivity index (χ3n) is 0.830. The predicted molar refractivity (Wildman–Crippen MR) is 39.7 cm³/mol. The lowest BCUT2D eigenvalue weighted by molar-refractivity contribution is -0.137. The van der Waals surface area contributed by atoms with Gasteiger partial charge >= 0.3 is 5.97 Å². The third-order valence-corrected chi connectivity index (χ3v) is 1.86. The van der Waals surface area contributed by atoms with Crippen LogP contribution >= 0.6 is 0 Å². The minimum atomic E-state index is -0.906. The van der Waals surface area contributed by atoms with E-state index in [-0.39, 0.29) is 10.9 Å². The molecule has 0 aromatic heterocycles. The summed E-state index contributed by atoms with van der Waals surface area (Å²) >= 11 is 0. The van der Waals surface area contributed by atoms with E-state index in [1.165, 1.54) is 0 Å². The number of carboxylic acid groups (broad SMARTS) is 1. The van der Waals surface area contributed by atoms with Crippen LogP contribution in [0.1, 0.15) is 0 Å². The summed E-state index contributed by atoms with van der Waals surface area (Å²) in [5.41, 5.74) is 5.22. The van der Waals surface area contributed by atoms with E-state index in [1.54, 1.807) is 0 Å². The lowest BCUT2D eigenvalue weighted by Crippen LogP contribution is -2.36. The summed E-state index contributed by atoms with van der Waals surface area (Å²) in [5.74, 6) is -0.328. The van der Waals surface area contributed by atoms with Gasteiger partial charge in [-0.2, -0.15) is 0 Å². The molecular formula is C5H12NO2S+. The highest BCUT2D eigenvalue weighted by molar-refractivity contribution is 7.95. The van der Waals surface area contributed by atoms with E-state index in [0.29, 0.717) is 5.75 Å². The molecule has 3 nitrogen and oxygen atoms in total. The van der Waals surface area contributed by atoms with Gasteiger partial charge in [-0.1, -0.05) is 0 Å². The fraction of sp³-hybridized carbons (Fsp3) is 0.800. The van der Waals surface area contributed by atoms with Gasteiger partial charge in [0.05, 0.1) is 12.5 Å². The molecule has 4 heteroatoms. The number of rotatable bonds is 3. The number of carboxylic acids is 1. The summed E-state index contributed by atoms with van der Waals surface area (Å²) in [6.07, 6.45) is 3.95. The topological polar surface area (TPSA) is 63.3 Å². The van der Waals surface area contributed by atoms with Gasteiger partial charge in [-0.25, -0.2) is 0 Å². The fourth-order valence-corrected chi connectivity index (χ4v) is 1.29. The van der Waals surface area contributed by atoms with Crippen LogP contribution < -0.4 is 5.73 Å². The Labute approximate surface area is 57.6 Å². The molecule has 0 aliphatic rings. The van der Waals surface area contributed by atoms with Crippen LogP contribution in [0.25, 0.3) is 0 Å². The molecule has 3 N–H and O–H groups in total. The van der Waals surface area contributed by atoms with Crippen LogP contribution in [0.4, 0.5) is 0 Å². The Hall–Kier alpha value is -0.220. The van der Waals surface area contributed by atoms with Crippen molar-refractivity contribution in [3.05, 3.63) is 0 Å². The van der Waals surface area contributed by atoms with Crippen molar-refractivity contribution in [1.29, 1.82) is 0 Å². The van der Waals surface area contributed by atoms with Crippen molar-refractivity contribution in [2.75, 3.05) is 18.3 Å². The van der Waals surface area contributed by atoms with Gasteiger partial charge in [0.15, 0.2) is 0 Å². The van der Waals surface area contributed by atoms with Crippen molar-refractivity contribution >= 4 is 16.9 Å². The minimum absolute atomic E-state index is 0.128. The molecule has 0 aliphatic heterocycles. The summed E-state index contributed by atoms with van der Waals surface area (Å²) in [6, 6.07) is -0.677. The van der Waals surface area contributed by atoms with E-state index in [0.717, 1.165) is 0 Å². The van der Waals surface area contributed by atoms with Crippen LogP contribution in [0.3, 0.4) is 0 Å². The molecule has 0 aliphatic carbocycles. The Morgan fingerprint density at radius 3 is 2.33 bits per heavy atom. The highest BCUT2D eigenvalue weighted by Gasteiger charge is 2.17. The Bertz CT molecular complexity index is 105. The van der Waals surface area contributed by atoms with Crippen LogP contribution in [0.2, 0.25) is 0 Å². The second-order valence-electron chi connectivity index (χ2n) is 2.10. The molecular weight excluding hydrogens is 138 g/mol. The van der Waals surface area contributed by atoms with Crippen molar-refractivity contribution < 1.29 is 9.90 Å². The maximum absolute atomic E-state index is 10.1. The van der Waals surface area contributed by atoms with E-state index in [9.17, 15) is 4.79 Å². The Morgan fingerprint density at radius 2 is 2.22 bits per heavy atom. The lowest BCUT2D eigenvalue weighted by Gasteiger charge is -2.01. The van der Waals surface area contributed by atoms with Crippen LogP contribution in [0.5, 0.6) is 0 Å². The van der Waals surface area contributed by atoms with Gasteiger partial charge in [-0.15, -0.1) is 0 Å². The largest absolute Gasteiger partial charge is 0.480 e. The second kappa shape index (κ2) is 3.74. The number of hydrogen-bond donors (Lipinski definition) is 2. The maximum atomic E-state index is 10.1. The molecule has 0 unspecified atom stereocenters. The molecule has 0 amide bonds. The molecule has 9 heavy (non-hydrogen) atoms. The van der Waals surface area contributed by atoms with Gasteiger partial charge < -0.3 is 10.8 Å². The number of nitrogens with two attached hydrogens (primary N) is 1. The van der Waals surface area contributed by atoms with E-state index >= 15 is 0 Å². The highest BCUT2D eigenvalue weighted by Crippen LogP contribution is 1.87. The Kier molecular flexibility index (Phi) is 3.65. The standard InChI is InChI=1S/C5H11NO2S/c1-9(2)3-4(6)5(7)8/h4H,3,6H2,1-2H3/p+1/t4-/m1/s1. The SMILES string of the molecule is C[S+](C)C[C@@H](N)C(=O)O. The van der Waals surface area contributed by atoms with Crippen molar-refractivity contribution in [2.45, 2.75) is 6.04 Å². The van der Waals surface area contributed by atoms with Gasteiger partial charge in [0.25, 0.3) is 0 Å². The molecule has 0 aromatic rings. The van der Waals surface area contributed by atoms with Crippen LogP contribution in [0, 0.1) is 0 Å². The monoisotopic (exact) mass is 150 g/mol.